The van der Waals surface area contributed by atoms with Gasteiger partial charge in [-0.25, -0.2) is 0 Å². The van der Waals surface area contributed by atoms with E-state index in [4.69, 9.17) is 0 Å². The van der Waals surface area contributed by atoms with E-state index in [-0.39, 0.29) is 17.7 Å². The number of carbonyl (C=O) groups excluding carboxylic acids is 1. The second-order valence-corrected chi connectivity index (χ2v) is 7.44. The van der Waals surface area contributed by atoms with Crippen LogP contribution >= 0.6 is 35.5 Å². The maximum absolute atomic E-state index is 12.7. The molecular weight excluding hydrogens is 312 g/mol. The average molecular weight is 333 g/mol. The zero-order chi connectivity index (χ0) is 13.2. The molecule has 1 atom stereocenters. The Hall–Kier alpha value is -0.230. The Labute approximate surface area is 134 Å². The lowest BCUT2D eigenvalue weighted by atomic mass is 10.0. The number of halogens is 1. The van der Waals surface area contributed by atoms with Crippen molar-refractivity contribution in [2.75, 3.05) is 25.9 Å². The molecule has 6 heteroatoms. The summed E-state index contributed by atoms with van der Waals surface area (Å²) in [6.45, 7) is 2.06. The van der Waals surface area contributed by atoms with Crippen LogP contribution in [-0.2, 0) is 11.2 Å². The van der Waals surface area contributed by atoms with Gasteiger partial charge in [-0.15, -0.1) is 35.5 Å². The topological polar surface area (TPSA) is 32.3 Å². The van der Waals surface area contributed by atoms with Gasteiger partial charge in [-0.1, -0.05) is 0 Å². The molecule has 1 unspecified atom stereocenters. The summed E-state index contributed by atoms with van der Waals surface area (Å²) in [5, 5.41) is 5.52. The molecule has 1 saturated heterocycles. The van der Waals surface area contributed by atoms with Crippen molar-refractivity contribution < 1.29 is 4.79 Å². The van der Waals surface area contributed by atoms with Gasteiger partial charge in [0, 0.05) is 18.0 Å². The highest BCUT2D eigenvalue weighted by Gasteiger charge is 2.32. The molecule has 3 heterocycles. The number of thioether (sulfide) groups is 1. The summed E-state index contributed by atoms with van der Waals surface area (Å²) in [5.74, 6) is 1.38. The Morgan fingerprint density at radius 2 is 2.15 bits per heavy atom. The van der Waals surface area contributed by atoms with Gasteiger partial charge < -0.3 is 10.2 Å². The number of carbonyl (C=O) groups is 1. The first-order valence-electron chi connectivity index (χ1n) is 6.92. The second-order valence-electron chi connectivity index (χ2n) is 5.23. The van der Waals surface area contributed by atoms with Crippen molar-refractivity contribution in [1.29, 1.82) is 0 Å². The maximum atomic E-state index is 12.7. The minimum absolute atomic E-state index is 0. The van der Waals surface area contributed by atoms with E-state index < -0.39 is 0 Å². The molecule has 1 amide bonds. The third kappa shape index (κ3) is 3.16. The number of amides is 1. The van der Waals surface area contributed by atoms with Crippen LogP contribution in [0.4, 0.5) is 0 Å². The molecule has 112 valence electrons. The second kappa shape index (κ2) is 7.16. The lowest BCUT2D eigenvalue weighted by Gasteiger charge is -2.34. The van der Waals surface area contributed by atoms with Crippen LogP contribution in [0.3, 0.4) is 0 Å². The van der Waals surface area contributed by atoms with Gasteiger partial charge in [-0.05, 0) is 55.1 Å². The Balaban J connectivity index is 0.00000147. The maximum Gasteiger partial charge on any atom is 0.240 e. The quantitative estimate of drug-likeness (QED) is 0.903. The first-order chi connectivity index (χ1) is 9.27. The van der Waals surface area contributed by atoms with Crippen molar-refractivity contribution >= 4 is 41.4 Å². The van der Waals surface area contributed by atoms with Gasteiger partial charge in [-0.2, -0.15) is 0 Å². The van der Waals surface area contributed by atoms with Gasteiger partial charge >= 0.3 is 0 Å². The molecule has 1 fully saturated rings. The van der Waals surface area contributed by atoms with E-state index in [1.54, 1.807) is 11.3 Å². The highest BCUT2D eigenvalue weighted by Crippen LogP contribution is 2.40. The summed E-state index contributed by atoms with van der Waals surface area (Å²) >= 11 is 3.61. The molecular formula is C14H21ClN2OS2. The van der Waals surface area contributed by atoms with Gasteiger partial charge in [0.25, 0.3) is 0 Å². The molecule has 1 N–H and O–H groups in total. The molecule has 3 rings (SSSR count). The van der Waals surface area contributed by atoms with Crippen molar-refractivity contribution in [2.45, 2.75) is 30.6 Å². The number of nitrogens with zero attached hydrogens (tertiary/aromatic N) is 1. The number of fused-ring (bicyclic) bond motifs is 1. The van der Waals surface area contributed by atoms with Crippen LogP contribution in [0.1, 0.15) is 28.5 Å². The normalized spacial score (nSPS) is 22.8. The number of nitrogens with one attached hydrogen (secondary N) is 1. The van der Waals surface area contributed by atoms with Crippen LogP contribution in [0.25, 0.3) is 0 Å². The summed E-state index contributed by atoms with van der Waals surface area (Å²) < 4.78 is 0. The fraction of sp³-hybridized carbons (Fsp3) is 0.643. The first kappa shape index (κ1) is 16.1. The summed E-state index contributed by atoms with van der Waals surface area (Å²) in [6, 6.07) is 2.56. The third-order valence-corrected chi connectivity index (χ3v) is 6.33. The first-order valence-corrected chi connectivity index (χ1v) is 8.85. The number of thiophene rings is 1. The van der Waals surface area contributed by atoms with Crippen LogP contribution in [0.2, 0.25) is 0 Å². The van der Waals surface area contributed by atoms with E-state index >= 15 is 0 Å². The zero-order valence-electron chi connectivity index (χ0n) is 11.6. The smallest absolute Gasteiger partial charge is 0.240 e. The lowest BCUT2D eigenvalue weighted by Crippen LogP contribution is -2.45. The third-order valence-electron chi connectivity index (χ3n) is 4.10. The molecule has 0 saturated carbocycles. The van der Waals surface area contributed by atoms with Gasteiger partial charge in [0.05, 0.1) is 0 Å². The highest BCUT2D eigenvalue weighted by molar-refractivity contribution is 8.00. The Morgan fingerprint density at radius 3 is 2.90 bits per heavy atom. The molecule has 0 spiro atoms. The van der Waals surface area contributed by atoms with E-state index in [1.807, 2.05) is 23.7 Å². The van der Waals surface area contributed by atoms with Crippen LogP contribution in [0.5, 0.6) is 0 Å². The Bertz CT molecular complexity index is 460. The lowest BCUT2D eigenvalue weighted by molar-refractivity contribution is -0.132. The Kier molecular flexibility index (Phi) is 5.78. The molecule has 2 aliphatic rings. The van der Waals surface area contributed by atoms with E-state index in [1.165, 1.54) is 10.4 Å². The minimum Gasteiger partial charge on any atom is -0.341 e. The van der Waals surface area contributed by atoms with Crippen LogP contribution < -0.4 is 5.32 Å². The average Bonchev–Trinajstić information content (AvgIpc) is 2.95. The molecule has 0 aromatic carbocycles. The van der Waals surface area contributed by atoms with Crippen molar-refractivity contribution in [3.8, 4) is 0 Å². The number of hydrogen-bond donors (Lipinski definition) is 1. The zero-order valence-corrected chi connectivity index (χ0v) is 14.1. The summed E-state index contributed by atoms with van der Waals surface area (Å²) in [5.41, 5.74) is 1.27. The van der Waals surface area contributed by atoms with Gasteiger partial charge in [0.15, 0.2) is 0 Å². The van der Waals surface area contributed by atoms with Crippen molar-refractivity contribution in [3.05, 3.63) is 21.9 Å². The number of likely N-dealkylation sites (N-methyl/N-ethyl adjacent to an activating group) is 1. The number of aryl methyl sites for hydroxylation is 1. The van der Waals surface area contributed by atoms with E-state index in [0.717, 1.165) is 38.1 Å². The number of piperidine rings is 1. The molecule has 1 aromatic heterocycles. The SMILES string of the molecule is CN(C(=O)C1SCCc2sccc21)C1CCNCC1.Cl. The summed E-state index contributed by atoms with van der Waals surface area (Å²) in [4.78, 5) is 16.2. The van der Waals surface area contributed by atoms with E-state index in [0.29, 0.717) is 11.9 Å². The predicted octanol–water partition coefficient (Wildman–Crippen LogP) is 2.71. The van der Waals surface area contributed by atoms with Crippen LogP contribution in [0, 0.1) is 0 Å². The molecule has 0 bridgehead atoms. The van der Waals surface area contributed by atoms with Gasteiger partial charge in [0.2, 0.25) is 5.91 Å². The number of rotatable bonds is 2. The standard InChI is InChI=1S/C14H20N2OS2.ClH/c1-16(10-2-6-15-7-3-10)14(17)13-11-4-8-18-12(11)5-9-19-13;/h4,8,10,13,15H,2-3,5-7,9H2,1H3;1H. The molecule has 1 aromatic rings. The van der Waals surface area contributed by atoms with Crippen LogP contribution in [-0.4, -0.2) is 42.7 Å². The van der Waals surface area contributed by atoms with E-state index in [9.17, 15) is 4.79 Å². The Morgan fingerprint density at radius 1 is 1.40 bits per heavy atom. The molecule has 0 radical (unpaired) electrons. The highest BCUT2D eigenvalue weighted by atomic mass is 35.5. The molecule has 2 aliphatic heterocycles. The molecule has 3 nitrogen and oxygen atoms in total. The fourth-order valence-electron chi connectivity index (χ4n) is 2.91. The van der Waals surface area contributed by atoms with Crippen LogP contribution in [0.15, 0.2) is 11.4 Å². The predicted molar refractivity (Wildman–Crippen MR) is 89.1 cm³/mol. The monoisotopic (exact) mass is 332 g/mol. The van der Waals surface area contributed by atoms with E-state index in [2.05, 4.69) is 16.8 Å². The van der Waals surface area contributed by atoms with Crippen molar-refractivity contribution in [2.24, 2.45) is 0 Å². The van der Waals surface area contributed by atoms with Gasteiger partial charge in [0.1, 0.15) is 5.25 Å². The summed E-state index contributed by atoms with van der Waals surface area (Å²) in [6.07, 6.45) is 3.28. The minimum atomic E-state index is 0. The van der Waals surface area contributed by atoms with Gasteiger partial charge in [-0.3, -0.25) is 4.79 Å². The summed E-state index contributed by atoms with van der Waals surface area (Å²) in [7, 11) is 1.99. The number of hydrogen-bond acceptors (Lipinski definition) is 4. The largest absolute Gasteiger partial charge is 0.341 e. The molecule has 0 aliphatic carbocycles. The van der Waals surface area contributed by atoms with Crippen molar-refractivity contribution in [3.63, 3.8) is 0 Å². The fourth-order valence-corrected chi connectivity index (χ4v) is 5.30. The molecule has 20 heavy (non-hydrogen) atoms. The van der Waals surface area contributed by atoms with Crippen molar-refractivity contribution in [1.82, 2.24) is 10.2 Å².